The summed E-state index contributed by atoms with van der Waals surface area (Å²) in [5.74, 6) is 0.826. The predicted molar refractivity (Wildman–Crippen MR) is 189 cm³/mol. The number of halogens is 1. The van der Waals surface area contributed by atoms with Gasteiger partial charge in [0.05, 0.1) is 29.2 Å². The lowest BCUT2D eigenvalue weighted by Gasteiger charge is -2.35. The number of fused-ring (bicyclic) bond motifs is 2. The van der Waals surface area contributed by atoms with E-state index in [-0.39, 0.29) is 26.8 Å². The van der Waals surface area contributed by atoms with Crippen molar-refractivity contribution in [2.75, 3.05) is 19.7 Å². The Morgan fingerprint density at radius 2 is 1.82 bits per heavy atom. The SMILES string of the molecule is C[SiH2]C(Cn1c(CN2CCC(c3cccc4c3OC(c3ccc(C(=O)C5CC5)cc3F)C=C4)CC2)nc2ccc(C(=O)O)cc21)C1CCO1. The first-order valence-corrected chi connectivity index (χ1v) is 20.0. The average molecular weight is 680 g/mol. The van der Waals surface area contributed by atoms with Gasteiger partial charge in [0.15, 0.2) is 5.78 Å². The molecule has 8 rings (SSSR count). The van der Waals surface area contributed by atoms with Gasteiger partial charge in [0.25, 0.3) is 0 Å². The topological polar surface area (TPSA) is 93.9 Å². The molecular formula is C39H42FN3O5Si. The highest BCUT2D eigenvalue weighted by Crippen LogP contribution is 2.42. The molecule has 0 spiro atoms. The summed E-state index contributed by atoms with van der Waals surface area (Å²) in [6, 6.07) is 16.3. The molecule has 1 aliphatic carbocycles. The summed E-state index contributed by atoms with van der Waals surface area (Å²) >= 11 is 0. The number of ether oxygens (including phenoxy) is 2. The number of carboxylic acid groups (broad SMARTS) is 1. The molecule has 3 aromatic carbocycles. The van der Waals surface area contributed by atoms with Crippen LogP contribution in [0.15, 0.2) is 60.7 Å². The third-order valence-corrected chi connectivity index (χ3v) is 12.8. The Kier molecular flexibility index (Phi) is 8.71. The molecule has 3 unspecified atom stereocenters. The number of likely N-dealkylation sites (tertiary alicyclic amines) is 1. The van der Waals surface area contributed by atoms with Crippen molar-refractivity contribution in [1.29, 1.82) is 0 Å². The maximum absolute atomic E-state index is 15.3. The van der Waals surface area contributed by atoms with E-state index < -0.39 is 17.9 Å². The minimum atomic E-state index is -0.931. The Bertz CT molecular complexity index is 1940. The fraction of sp³-hybridized carbons (Fsp3) is 0.410. The van der Waals surface area contributed by atoms with Gasteiger partial charge in [-0.2, -0.15) is 0 Å². The Morgan fingerprint density at radius 1 is 1.02 bits per heavy atom. The number of rotatable bonds is 11. The van der Waals surface area contributed by atoms with E-state index >= 15 is 4.39 Å². The summed E-state index contributed by atoms with van der Waals surface area (Å²) in [6.45, 7) is 6.43. The highest BCUT2D eigenvalue weighted by atomic mass is 28.2. The van der Waals surface area contributed by atoms with Gasteiger partial charge in [-0.1, -0.05) is 43.0 Å². The number of nitrogens with zero attached hydrogens (tertiary/aromatic N) is 3. The molecular weight excluding hydrogens is 638 g/mol. The van der Waals surface area contributed by atoms with Crippen molar-refractivity contribution in [3.05, 3.63) is 100 Å². The molecule has 3 fully saturated rings. The zero-order valence-corrected chi connectivity index (χ0v) is 29.2. The standard InChI is InChI=1S/C39H42FN3O5Si/c1-49-35(34-15-18-47-34)21-43-32-20-27(39(45)46)8-11-31(32)41-36(43)22-42-16-13-23(14-17-42)28-4-2-3-25-9-12-33(48-38(25)28)29-10-7-26(19-30(29)40)37(44)24-5-6-24/h2-4,7-12,19-20,23-24,33-35H,5-6,13-18,21-22,49H2,1H3,(H,45,46). The van der Waals surface area contributed by atoms with E-state index in [0.717, 1.165) is 92.1 Å². The molecule has 3 atom stereocenters. The van der Waals surface area contributed by atoms with Crippen molar-refractivity contribution in [2.24, 2.45) is 5.92 Å². The van der Waals surface area contributed by atoms with Gasteiger partial charge in [0.2, 0.25) is 0 Å². The molecule has 4 heterocycles. The number of hydrogen-bond donors (Lipinski definition) is 1. The van der Waals surface area contributed by atoms with E-state index in [2.05, 4.69) is 28.1 Å². The number of para-hydroxylation sites is 1. The summed E-state index contributed by atoms with van der Waals surface area (Å²) in [7, 11) is -0.368. The zero-order valence-electron chi connectivity index (χ0n) is 27.8. The Balaban J connectivity index is 0.981. The number of aromatic carboxylic acids is 1. The summed E-state index contributed by atoms with van der Waals surface area (Å²) in [5.41, 5.74) is 5.49. The van der Waals surface area contributed by atoms with Crippen LogP contribution in [0.4, 0.5) is 4.39 Å². The number of carbonyl (C=O) groups excluding carboxylic acids is 1. The van der Waals surface area contributed by atoms with E-state index in [1.54, 1.807) is 24.3 Å². The van der Waals surface area contributed by atoms with Crippen LogP contribution in [0.3, 0.4) is 0 Å². The first kappa shape index (κ1) is 32.1. The molecule has 0 bridgehead atoms. The number of piperidine rings is 1. The highest BCUT2D eigenvalue weighted by molar-refractivity contribution is 6.36. The van der Waals surface area contributed by atoms with Gasteiger partial charge in [0.1, 0.15) is 23.5 Å². The van der Waals surface area contributed by atoms with Gasteiger partial charge in [-0.15, -0.1) is 0 Å². The van der Waals surface area contributed by atoms with E-state index in [4.69, 9.17) is 14.5 Å². The summed E-state index contributed by atoms with van der Waals surface area (Å²) in [6.07, 6.45) is 8.42. The van der Waals surface area contributed by atoms with Crippen LogP contribution in [0.5, 0.6) is 5.75 Å². The van der Waals surface area contributed by atoms with Crippen LogP contribution in [-0.2, 0) is 17.8 Å². The van der Waals surface area contributed by atoms with Crippen molar-refractivity contribution in [3.63, 3.8) is 0 Å². The van der Waals surface area contributed by atoms with Crippen molar-refractivity contribution in [1.82, 2.24) is 14.5 Å². The van der Waals surface area contributed by atoms with Crippen LogP contribution in [0, 0.1) is 11.7 Å². The van der Waals surface area contributed by atoms with E-state index in [0.29, 0.717) is 35.2 Å². The van der Waals surface area contributed by atoms with E-state index in [1.165, 1.54) is 6.07 Å². The molecule has 0 radical (unpaired) electrons. The minimum absolute atomic E-state index is 0.0317. The molecule has 10 heteroatoms. The smallest absolute Gasteiger partial charge is 0.335 e. The van der Waals surface area contributed by atoms with Crippen LogP contribution in [0.2, 0.25) is 12.1 Å². The van der Waals surface area contributed by atoms with Crippen LogP contribution < -0.4 is 4.74 Å². The van der Waals surface area contributed by atoms with Crippen LogP contribution in [-0.4, -0.2) is 66.6 Å². The minimum Gasteiger partial charge on any atom is -0.481 e. The first-order chi connectivity index (χ1) is 23.9. The largest absolute Gasteiger partial charge is 0.481 e. The maximum atomic E-state index is 15.3. The Morgan fingerprint density at radius 3 is 2.51 bits per heavy atom. The summed E-state index contributed by atoms with van der Waals surface area (Å²) in [5, 5.41) is 9.70. The van der Waals surface area contributed by atoms with E-state index in [1.807, 2.05) is 24.3 Å². The van der Waals surface area contributed by atoms with Gasteiger partial charge in [0, 0.05) is 45.3 Å². The van der Waals surface area contributed by atoms with Gasteiger partial charge >= 0.3 is 5.97 Å². The van der Waals surface area contributed by atoms with Crippen LogP contribution in [0.25, 0.3) is 17.1 Å². The number of ketones is 1. The van der Waals surface area contributed by atoms with Gasteiger partial charge in [-0.3, -0.25) is 9.69 Å². The third kappa shape index (κ3) is 6.37. The molecule has 49 heavy (non-hydrogen) atoms. The molecule has 4 aromatic rings. The van der Waals surface area contributed by atoms with Gasteiger partial charge in [-0.25, -0.2) is 14.2 Å². The summed E-state index contributed by atoms with van der Waals surface area (Å²) < 4.78 is 30.0. The quantitative estimate of drug-likeness (QED) is 0.138. The number of hydrogen-bond acceptors (Lipinski definition) is 6. The number of Topliss-reactive ketones (excluding diaryl/α,β-unsaturated/α-hetero) is 1. The Labute approximate surface area is 287 Å². The molecule has 1 saturated carbocycles. The zero-order chi connectivity index (χ0) is 33.6. The second-order valence-electron chi connectivity index (χ2n) is 14.1. The molecule has 1 aromatic heterocycles. The number of imidazole rings is 1. The molecule has 8 nitrogen and oxygen atoms in total. The van der Waals surface area contributed by atoms with Gasteiger partial charge in [-0.05, 0) is 92.6 Å². The maximum Gasteiger partial charge on any atom is 0.335 e. The second-order valence-corrected chi connectivity index (χ2v) is 16.0. The van der Waals surface area contributed by atoms with Crippen molar-refractivity contribution < 1.29 is 28.6 Å². The lowest BCUT2D eigenvalue weighted by molar-refractivity contribution is -0.0561. The number of benzene rings is 3. The Hall–Kier alpha value is -4.12. The van der Waals surface area contributed by atoms with Crippen molar-refractivity contribution >= 4 is 38.4 Å². The predicted octanol–water partition coefficient (Wildman–Crippen LogP) is 6.79. The third-order valence-electron chi connectivity index (χ3n) is 11.0. The fourth-order valence-corrected chi connectivity index (χ4v) is 9.20. The van der Waals surface area contributed by atoms with Crippen LogP contribution >= 0.6 is 0 Å². The van der Waals surface area contributed by atoms with E-state index in [9.17, 15) is 14.7 Å². The molecule has 3 aliphatic heterocycles. The van der Waals surface area contributed by atoms with Crippen molar-refractivity contribution in [2.45, 2.75) is 75.4 Å². The monoisotopic (exact) mass is 679 g/mol. The fourth-order valence-electron chi connectivity index (χ4n) is 7.78. The highest BCUT2D eigenvalue weighted by Gasteiger charge is 2.33. The number of aromatic nitrogens is 2. The molecule has 254 valence electrons. The second kappa shape index (κ2) is 13.3. The first-order valence-electron chi connectivity index (χ1n) is 17.7. The number of carboxylic acids is 1. The molecule has 0 amide bonds. The lowest BCUT2D eigenvalue weighted by Crippen LogP contribution is -2.36. The van der Waals surface area contributed by atoms with Crippen LogP contribution in [0.1, 0.15) is 87.4 Å². The normalized spacial score (nSPS) is 21.8. The summed E-state index contributed by atoms with van der Waals surface area (Å²) in [4.78, 5) is 31.8. The number of carbonyl (C=O) groups is 2. The molecule has 1 N–H and O–H groups in total. The average Bonchev–Trinajstić information content (AvgIpc) is 3.89. The van der Waals surface area contributed by atoms with Gasteiger partial charge < -0.3 is 19.1 Å². The lowest BCUT2D eigenvalue weighted by atomic mass is 9.87. The van der Waals surface area contributed by atoms with Crippen molar-refractivity contribution in [3.8, 4) is 5.75 Å². The molecule has 4 aliphatic rings. The molecule has 2 saturated heterocycles.